The van der Waals surface area contributed by atoms with E-state index < -0.39 is 12.0 Å². The van der Waals surface area contributed by atoms with Crippen LogP contribution in [0.1, 0.15) is 17.2 Å². The van der Waals surface area contributed by atoms with Crippen molar-refractivity contribution in [2.45, 2.75) is 18.6 Å². The van der Waals surface area contributed by atoms with Gasteiger partial charge in [-0.05, 0) is 11.1 Å². The summed E-state index contributed by atoms with van der Waals surface area (Å²) in [6, 6.07) is 19.0. The molecule has 1 aliphatic rings. The van der Waals surface area contributed by atoms with Gasteiger partial charge in [0.2, 0.25) is 0 Å². The molecule has 1 unspecified atom stereocenters. The van der Waals surface area contributed by atoms with Crippen LogP contribution in [0, 0.1) is 0 Å². The maximum Gasteiger partial charge on any atom is 1.00 e. The van der Waals surface area contributed by atoms with Gasteiger partial charge in [-0.3, -0.25) is 4.90 Å². The molecule has 0 saturated carbocycles. The summed E-state index contributed by atoms with van der Waals surface area (Å²) >= 11 is 0. The van der Waals surface area contributed by atoms with Crippen molar-refractivity contribution < 1.29 is 39.5 Å². The number of carbonyl (C=O) groups excluding carboxylic acids is 1. The third-order valence-corrected chi connectivity index (χ3v) is 3.51. The van der Waals surface area contributed by atoms with Crippen molar-refractivity contribution in [1.82, 2.24) is 4.90 Å². The minimum atomic E-state index is -0.996. The summed E-state index contributed by atoms with van der Waals surface area (Å²) in [5, 5.41) is 11.2. The predicted octanol–water partition coefficient (Wildman–Crippen LogP) is -1.63. The second-order valence-electron chi connectivity index (χ2n) is 4.78. The van der Waals surface area contributed by atoms with E-state index in [0.29, 0.717) is 6.54 Å². The average molecular weight is 275 g/mol. The summed E-state index contributed by atoms with van der Waals surface area (Å²) in [7, 11) is 0. The normalized spacial score (nSPS) is 23.7. The number of carboxylic acid groups (broad SMARTS) is 1. The number of rotatable bonds is 4. The first-order chi connectivity index (χ1) is 9.27. The molecule has 20 heavy (non-hydrogen) atoms. The zero-order valence-corrected chi connectivity index (χ0v) is 13.4. The smallest absolute Gasteiger partial charge is 0.548 e. The molecule has 3 nitrogen and oxygen atoms in total. The fraction of sp³-hybridized carbons (Fsp3) is 0.188. The molecule has 1 fully saturated rings. The molecule has 0 spiro atoms. The van der Waals surface area contributed by atoms with Crippen LogP contribution in [0.15, 0.2) is 60.7 Å². The summed E-state index contributed by atoms with van der Waals surface area (Å²) in [6.45, 7) is 0.638. The molecular weight excluding hydrogens is 261 g/mol. The van der Waals surface area contributed by atoms with E-state index in [2.05, 4.69) is 0 Å². The van der Waals surface area contributed by atoms with Crippen LogP contribution >= 0.6 is 0 Å². The van der Waals surface area contributed by atoms with E-state index in [-0.39, 0.29) is 35.6 Å². The van der Waals surface area contributed by atoms with Crippen molar-refractivity contribution in [2.75, 3.05) is 0 Å². The van der Waals surface area contributed by atoms with Crippen LogP contribution in [-0.4, -0.2) is 16.9 Å². The van der Waals surface area contributed by atoms with Crippen LogP contribution in [-0.2, 0) is 11.3 Å². The second-order valence-corrected chi connectivity index (χ2v) is 4.78. The molecule has 0 N–H and O–H groups in total. The van der Waals surface area contributed by atoms with Crippen LogP contribution < -0.4 is 34.7 Å². The first kappa shape index (κ1) is 15.3. The molecule has 0 bridgehead atoms. The van der Waals surface area contributed by atoms with Crippen molar-refractivity contribution in [1.29, 1.82) is 0 Å². The van der Waals surface area contributed by atoms with Crippen LogP contribution in [0.4, 0.5) is 0 Å². The van der Waals surface area contributed by atoms with Crippen LogP contribution in [0.25, 0.3) is 0 Å². The van der Waals surface area contributed by atoms with Crippen LogP contribution in [0.3, 0.4) is 0 Å². The van der Waals surface area contributed by atoms with E-state index in [9.17, 15) is 9.90 Å². The molecule has 2 aromatic carbocycles. The average Bonchev–Trinajstić information content (AvgIpc) is 3.15. The zero-order chi connectivity index (χ0) is 13.2. The molecule has 1 aliphatic heterocycles. The van der Waals surface area contributed by atoms with Gasteiger partial charge in [0.25, 0.3) is 0 Å². The van der Waals surface area contributed by atoms with Crippen molar-refractivity contribution in [3.8, 4) is 0 Å². The predicted molar refractivity (Wildman–Crippen MR) is 70.0 cm³/mol. The summed E-state index contributed by atoms with van der Waals surface area (Å²) in [4.78, 5) is 13.1. The summed E-state index contributed by atoms with van der Waals surface area (Å²) < 4.78 is 0. The molecule has 0 aromatic heterocycles. The Morgan fingerprint density at radius 1 is 1.00 bits per heavy atom. The minimum Gasteiger partial charge on any atom is -0.548 e. The van der Waals surface area contributed by atoms with Gasteiger partial charge in [0.05, 0.1) is 18.1 Å². The topological polar surface area (TPSA) is 43.1 Å². The van der Waals surface area contributed by atoms with Crippen molar-refractivity contribution in [3.63, 3.8) is 0 Å². The Bertz CT molecular complexity index is 574. The minimum absolute atomic E-state index is 0. The Hall–Kier alpha value is -1.13. The summed E-state index contributed by atoms with van der Waals surface area (Å²) in [5.41, 5.74) is 2.15. The monoisotopic (exact) mass is 275 g/mol. The molecule has 1 saturated heterocycles. The van der Waals surface area contributed by atoms with Crippen molar-refractivity contribution in [2.24, 2.45) is 0 Å². The molecule has 2 aromatic rings. The van der Waals surface area contributed by atoms with E-state index >= 15 is 0 Å². The summed E-state index contributed by atoms with van der Waals surface area (Å²) in [5.74, 6) is -0.996. The quantitative estimate of drug-likeness (QED) is 0.497. The Morgan fingerprint density at radius 2 is 1.55 bits per heavy atom. The largest absolute Gasteiger partial charge is 1.00 e. The van der Waals surface area contributed by atoms with E-state index in [1.54, 1.807) is 0 Å². The van der Waals surface area contributed by atoms with E-state index in [0.717, 1.165) is 11.1 Å². The number of carboxylic acids is 1. The maximum absolute atomic E-state index is 11.2. The standard InChI is InChI=1S/C16H15NO2.Na/c18-16(19)15-14(13-9-5-2-6-10-13)17(15)11-12-7-3-1-4-8-12;/h1-10,14-15H,11H2,(H,18,19);/q;+1/p-1/t14-,15-,17?;/m0./s1. The van der Waals surface area contributed by atoms with Gasteiger partial charge in [0.1, 0.15) is 0 Å². The van der Waals surface area contributed by atoms with Gasteiger partial charge in [0, 0.05) is 6.54 Å². The van der Waals surface area contributed by atoms with Crippen LogP contribution in [0.5, 0.6) is 0 Å². The van der Waals surface area contributed by atoms with Gasteiger partial charge in [0.15, 0.2) is 0 Å². The van der Waals surface area contributed by atoms with Gasteiger partial charge >= 0.3 is 29.6 Å². The number of benzene rings is 2. The Morgan fingerprint density at radius 3 is 2.10 bits per heavy atom. The van der Waals surface area contributed by atoms with Gasteiger partial charge in [-0.1, -0.05) is 60.7 Å². The Kier molecular flexibility index (Phi) is 5.00. The van der Waals surface area contributed by atoms with Gasteiger partial charge in [-0.2, -0.15) is 0 Å². The van der Waals surface area contributed by atoms with Gasteiger partial charge in [-0.25, -0.2) is 0 Å². The Balaban J connectivity index is 0.00000147. The molecule has 4 heteroatoms. The number of aliphatic carboxylic acids is 1. The van der Waals surface area contributed by atoms with Crippen molar-refractivity contribution >= 4 is 5.97 Å². The molecule has 0 aliphatic carbocycles. The number of nitrogens with zero attached hydrogens (tertiary/aromatic N) is 1. The molecule has 0 radical (unpaired) electrons. The van der Waals surface area contributed by atoms with Crippen LogP contribution in [0.2, 0.25) is 0 Å². The first-order valence-electron chi connectivity index (χ1n) is 6.33. The molecule has 0 amide bonds. The number of hydrogen-bond donors (Lipinski definition) is 0. The molecular formula is C16H14NNaO2. The Labute approximate surface area is 140 Å². The van der Waals surface area contributed by atoms with Gasteiger partial charge < -0.3 is 9.90 Å². The molecule has 1 heterocycles. The SMILES string of the molecule is O=C([O-])[C@@H]1[C@H](c2ccccc2)N1Cc1ccccc1.[Na+]. The number of carbonyl (C=O) groups is 1. The van der Waals surface area contributed by atoms with Gasteiger partial charge in [-0.15, -0.1) is 0 Å². The second kappa shape index (κ2) is 6.55. The first-order valence-corrected chi connectivity index (χ1v) is 6.33. The van der Waals surface area contributed by atoms with E-state index in [4.69, 9.17) is 0 Å². The van der Waals surface area contributed by atoms with E-state index in [1.807, 2.05) is 65.6 Å². The fourth-order valence-electron chi connectivity index (χ4n) is 2.56. The number of hydrogen-bond acceptors (Lipinski definition) is 3. The summed E-state index contributed by atoms with van der Waals surface area (Å²) in [6.07, 6.45) is 0. The molecule has 96 valence electrons. The zero-order valence-electron chi connectivity index (χ0n) is 11.4. The molecule has 3 atom stereocenters. The molecule has 3 rings (SSSR count). The van der Waals surface area contributed by atoms with Crippen molar-refractivity contribution in [3.05, 3.63) is 71.8 Å². The third-order valence-electron chi connectivity index (χ3n) is 3.51. The fourth-order valence-corrected chi connectivity index (χ4v) is 2.56. The third kappa shape index (κ3) is 3.13. The van der Waals surface area contributed by atoms with E-state index in [1.165, 1.54) is 0 Å². The maximum atomic E-state index is 11.2.